The van der Waals surface area contributed by atoms with E-state index in [1.807, 2.05) is 0 Å². The molecule has 0 spiro atoms. The molecule has 0 saturated heterocycles. The fraction of sp³-hybridized carbons (Fsp3) is 0.900. The van der Waals surface area contributed by atoms with Gasteiger partial charge in [-0.3, -0.25) is 0 Å². The van der Waals surface area contributed by atoms with Crippen LogP contribution in [0.5, 0.6) is 0 Å². The van der Waals surface area contributed by atoms with Crippen molar-refractivity contribution in [3.05, 3.63) is 7.43 Å². The fourth-order valence-corrected chi connectivity index (χ4v) is 2.35. The SMILES string of the molecule is CC[N]=[V]=[N]CCC1CCCC1.[CH3-]. The summed E-state index contributed by atoms with van der Waals surface area (Å²) in [5.41, 5.74) is 0. The van der Waals surface area contributed by atoms with Crippen molar-refractivity contribution in [3.8, 4) is 0 Å². The van der Waals surface area contributed by atoms with Gasteiger partial charge in [0.05, 0.1) is 0 Å². The quantitative estimate of drug-likeness (QED) is 0.648. The van der Waals surface area contributed by atoms with Crippen molar-refractivity contribution in [2.45, 2.75) is 39.0 Å². The minimum Gasteiger partial charge on any atom is -0.358 e. The average Bonchev–Trinajstić information content (AvgIpc) is 2.57. The van der Waals surface area contributed by atoms with E-state index in [2.05, 4.69) is 14.5 Å². The Morgan fingerprint density at radius 2 is 1.92 bits per heavy atom. The molecule has 0 unspecified atom stereocenters. The van der Waals surface area contributed by atoms with Gasteiger partial charge in [0.15, 0.2) is 0 Å². The second-order valence-corrected chi connectivity index (χ2v) is 4.51. The van der Waals surface area contributed by atoms with Crippen LogP contribution in [-0.4, -0.2) is 13.1 Å². The monoisotopic (exact) mass is 220 g/mol. The summed E-state index contributed by atoms with van der Waals surface area (Å²) in [5.74, 6) is 0.997. The molecule has 0 aromatic heterocycles. The van der Waals surface area contributed by atoms with E-state index >= 15 is 0 Å². The summed E-state index contributed by atoms with van der Waals surface area (Å²) < 4.78 is 8.71. The predicted octanol–water partition coefficient (Wildman–Crippen LogP) is 3.49. The van der Waals surface area contributed by atoms with Gasteiger partial charge in [-0.1, -0.05) is 0 Å². The van der Waals surface area contributed by atoms with Crippen LogP contribution in [0, 0.1) is 13.3 Å². The molecule has 1 aliphatic carbocycles. The van der Waals surface area contributed by atoms with Gasteiger partial charge in [0.1, 0.15) is 0 Å². The third-order valence-corrected chi connectivity index (χ3v) is 3.53. The van der Waals surface area contributed by atoms with Gasteiger partial charge in [-0.25, -0.2) is 0 Å². The minimum absolute atomic E-state index is 0. The van der Waals surface area contributed by atoms with Gasteiger partial charge >= 0.3 is 81.5 Å². The van der Waals surface area contributed by atoms with Gasteiger partial charge in [0.25, 0.3) is 0 Å². The topological polar surface area (TPSA) is 24.7 Å². The van der Waals surface area contributed by atoms with Crippen molar-refractivity contribution in [1.29, 1.82) is 0 Å². The van der Waals surface area contributed by atoms with Crippen molar-refractivity contribution in [2.75, 3.05) is 13.1 Å². The van der Waals surface area contributed by atoms with Gasteiger partial charge in [-0.15, -0.1) is 0 Å². The van der Waals surface area contributed by atoms with E-state index < -0.39 is 0 Å². The second-order valence-electron chi connectivity index (χ2n) is 3.35. The molecule has 3 heteroatoms. The Balaban J connectivity index is 0.00000144. The van der Waals surface area contributed by atoms with Crippen LogP contribution in [0.3, 0.4) is 0 Å². The second kappa shape index (κ2) is 8.77. The summed E-state index contributed by atoms with van der Waals surface area (Å²) >= 11 is -0.0184. The zero-order chi connectivity index (χ0) is 8.65. The van der Waals surface area contributed by atoms with Gasteiger partial charge in [-0.2, -0.15) is 0 Å². The minimum atomic E-state index is -0.0184. The zero-order valence-corrected chi connectivity index (χ0v) is 10.3. The van der Waals surface area contributed by atoms with Gasteiger partial charge < -0.3 is 7.43 Å². The maximum atomic E-state index is 4.45. The van der Waals surface area contributed by atoms with Crippen molar-refractivity contribution >= 4 is 0 Å². The summed E-state index contributed by atoms with van der Waals surface area (Å²) in [5, 5.41) is 0. The molecule has 0 aromatic rings. The first-order valence-electron chi connectivity index (χ1n) is 4.96. The fourth-order valence-electron chi connectivity index (χ4n) is 1.69. The van der Waals surface area contributed by atoms with Crippen LogP contribution < -0.4 is 0 Å². The molecule has 0 amide bonds. The maximum Gasteiger partial charge on any atom is -0.358 e. The summed E-state index contributed by atoms with van der Waals surface area (Å²) in [6.45, 7) is 4.11. The smallest absolute Gasteiger partial charge is 0.358 e. The summed E-state index contributed by atoms with van der Waals surface area (Å²) in [6, 6.07) is 0. The molecule has 77 valence electrons. The molecule has 1 saturated carbocycles. The van der Waals surface area contributed by atoms with Gasteiger partial charge in [0.2, 0.25) is 0 Å². The maximum absolute atomic E-state index is 4.45. The molecule has 0 heterocycles. The number of hydrogen-bond acceptors (Lipinski definition) is 2. The molecule has 0 bridgehead atoms. The molecule has 0 atom stereocenters. The summed E-state index contributed by atoms with van der Waals surface area (Å²) in [6.07, 6.45) is 7.15. The molecule has 1 rings (SSSR count). The summed E-state index contributed by atoms with van der Waals surface area (Å²) in [4.78, 5) is 0. The van der Waals surface area contributed by atoms with E-state index in [0.717, 1.165) is 19.0 Å². The molecule has 1 fully saturated rings. The molecule has 0 aliphatic heterocycles. The molecule has 2 nitrogen and oxygen atoms in total. The van der Waals surface area contributed by atoms with Crippen LogP contribution in [0.4, 0.5) is 0 Å². The van der Waals surface area contributed by atoms with E-state index in [1.54, 1.807) is 0 Å². The van der Waals surface area contributed by atoms with Crippen molar-refractivity contribution in [3.63, 3.8) is 0 Å². The first kappa shape index (κ1) is 13.2. The van der Waals surface area contributed by atoms with Crippen LogP contribution in [0.25, 0.3) is 0 Å². The first-order chi connectivity index (χ1) is 5.93. The molecule has 13 heavy (non-hydrogen) atoms. The molecular formula is C10H21N2V-. The van der Waals surface area contributed by atoms with Crippen LogP contribution in [0.2, 0.25) is 0 Å². The summed E-state index contributed by atoms with van der Waals surface area (Å²) in [7, 11) is 0. The third-order valence-electron chi connectivity index (χ3n) is 2.38. The normalized spacial score (nSPS) is 16.1. The Hall–Kier alpha value is 0.184. The van der Waals surface area contributed by atoms with Crippen molar-refractivity contribution in [2.24, 2.45) is 13.5 Å². The van der Waals surface area contributed by atoms with Crippen LogP contribution in [0.1, 0.15) is 39.0 Å². The van der Waals surface area contributed by atoms with E-state index in [4.69, 9.17) is 0 Å². The van der Waals surface area contributed by atoms with Gasteiger partial charge in [-0.05, 0) is 0 Å². The third kappa shape index (κ3) is 6.28. The standard InChI is InChI=1S/C7H13N.C2H5N.CH3.V/c8-6-5-7-3-1-2-4-7;1-2-3;;/h7H,1-6H2;2H2,1H3;1H3;/q;;-1;. The number of nitrogens with zero attached hydrogens (tertiary/aromatic N) is 2. The predicted molar refractivity (Wildman–Crippen MR) is 53.3 cm³/mol. The molecule has 1 aliphatic rings. The Kier molecular flexibility index (Phi) is 8.89. The Morgan fingerprint density at radius 1 is 1.23 bits per heavy atom. The number of rotatable bonds is 4. The van der Waals surface area contributed by atoms with Crippen molar-refractivity contribution in [1.82, 2.24) is 0 Å². The van der Waals surface area contributed by atoms with E-state index in [0.29, 0.717) is 0 Å². The molecule has 0 radical (unpaired) electrons. The largest absolute Gasteiger partial charge is 0.358 e. The Labute approximate surface area is 89.2 Å². The van der Waals surface area contributed by atoms with E-state index in [1.165, 1.54) is 32.1 Å². The van der Waals surface area contributed by atoms with Crippen LogP contribution in [-0.2, 0) is 15.9 Å². The molecule has 0 aromatic carbocycles. The first-order valence-corrected chi connectivity index (χ1v) is 6.21. The average molecular weight is 220 g/mol. The van der Waals surface area contributed by atoms with Gasteiger partial charge in [0, 0.05) is 0 Å². The number of hydrogen-bond donors (Lipinski definition) is 0. The van der Waals surface area contributed by atoms with Crippen molar-refractivity contribution < 1.29 is 15.9 Å². The Morgan fingerprint density at radius 3 is 2.54 bits per heavy atom. The van der Waals surface area contributed by atoms with Crippen LogP contribution in [0.15, 0.2) is 7.58 Å². The van der Waals surface area contributed by atoms with E-state index in [-0.39, 0.29) is 23.3 Å². The molecule has 0 N–H and O–H groups in total. The molecular weight excluding hydrogens is 199 g/mol. The van der Waals surface area contributed by atoms with E-state index in [9.17, 15) is 0 Å². The van der Waals surface area contributed by atoms with Crippen LogP contribution >= 0.6 is 0 Å². The Bertz CT molecular complexity index is 168. The zero-order valence-electron chi connectivity index (χ0n) is 8.87.